The molecule has 2 heteroatoms. The maximum atomic E-state index is 9.90. The molecule has 14 heavy (non-hydrogen) atoms. The fraction of sp³-hybridized carbons (Fsp3) is 1.00. The molecule has 1 atom stereocenters. The molecular weight excluding hydrogens is 176 g/mol. The first kappa shape index (κ1) is 12.0. The largest absolute Gasteiger partial charge is 0.390 e. The summed E-state index contributed by atoms with van der Waals surface area (Å²) < 4.78 is 5.27. The second-order valence-electron chi connectivity index (χ2n) is 4.33. The Balaban J connectivity index is 2.23. The van der Waals surface area contributed by atoms with Crippen LogP contribution in [0, 0.1) is 5.92 Å². The van der Waals surface area contributed by atoms with E-state index >= 15 is 0 Å². The SMILES string of the molecule is CCOCC(O)C1CCCCCCC1. The van der Waals surface area contributed by atoms with Crippen molar-refractivity contribution >= 4 is 0 Å². The highest BCUT2D eigenvalue weighted by atomic mass is 16.5. The molecule has 0 saturated heterocycles. The lowest BCUT2D eigenvalue weighted by Gasteiger charge is -2.24. The van der Waals surface area contributed by atoms with E-state index in [1.165, 1.54) is 44.9 Å². The maximum Gasteiger partial charge on any atom is 0.0801 e. The fourth-order valence-corrected chi connectivity index (χ4v) is 2.25. The summed E-state index contributed by atoms with van der Waals surface area (Å²) in [6.07, 6.45) is 8.79. The van der Waals surface area contributed by atoms with Crippen LogP contribution >= 0.6 is 0 Å². The smallest absolute Gasteiger partial charge is 0.0801 e. The first-order chi connectivity index (χ1) is 6.84. The lowest BCUT2D eigenvalue weighted by Crippen LogP contribution is -2.26. The van der Waals surface area contributed by atoms with E-state index in [9.17, 15) is 5.11 Å². The van der Waals surface area contributed by atoms with Gasteiger partial charge in [-0.1, -0.05) is 32.1 Å². The molecule has 0 bridgehead atoms. The highest BCUT2D eigenvalue weighted by Crippen LogP contribution is 2.24. The molecule has 0 radical (unpaired) electrons. The molecule has 0 aromatic rings. The van der Waals surface area contributed by atoms with E-state index in [-0.39, 0.29) is 6.10 Å². The Hall–Kier alpha value is -0.0800. The van der Waals surface area contributed by atoms with Gasteiger partial charge in [0.25, 0.3) is 0 Å². The summed E-state index contributed by atoms with van der Waals surface area (Å²) in [6.45, 7) is 3.22. The molecule has 1 aliphatic carbocycles. The molecule has 84 valence electrons. The Morgan fingerprint density at radius 2 is 1.71 bits per heavy atom. The van der Waals surface area contributed by atoms with Crippen LogP contribution < -0.4 is 0 Å². The topological polar surface area (TPSA) is 29.5 Å². The van der Waals surface area contributed by atoms with E-state index in [4.69, 9.17) is 4.74 Å². The molecule has 0 aromatic carbocycles. The van der Waals surface area contributed by atoms with Gasteiger partial charge >= 0.3 is 0 Å². The van der Waals surface area contributed by atoms with Crippen molar-refractivity contribution in [3.8, 4) is 0 Å². The zero-order chi connectivity index (χ0) is 10.2. The van der Waals surface area contributed by atoms with E-state index in [1.54, 1.807) is 0 Å². The fourth-order valence-electron chi connectivity index (χ4n) is 2.25. The van der Waals surface area contributed by atoms with Crippen molar-refractivity contribution in [1.82, 2.24) is 0 Å². The molecular formula is C12H24O2. The summed E-state index contributed by atoms with van der Waals surface area (Å²) in [5.74, 6) is 0.488. The molecule has 0 spiro atoms. The minimum Gasteiger partial charge on any atom is -0.390 e. The monoisotopic (exact) mass is 200 g/mol. The van der Waals surface area contributed by atoms with Crippen LogP contribution in [0.5, 0.6) is 0 Å². The average Bonchev–Trinajstić information content (AvgIpc) is 2.13. The lowest BCUT2D eigenvalue weighted by atomic mass is 9.87. The Bertz CT molecular complexity index is 128. The number of hydrogen-bond donors (Lipinski definition) is 1. The van der Waals surface area contributed by atoms with Gasteiger partial charge in [-0.05, 0) is 25.7 Å². The van der Waals surface area contributed by atoms with Crippen LogP contribution in [-0.4, -0.2) is 24.4 Å². The first-order valence-electron chi connectivity index (χ1n) is 6.10. The third kappa shape index (κ3) is 4.43. The van der Waals surface area contributed by atoms with Crippen molar-refractivity contribution in [1.29, 1.82) is 0 Å². The zero-order valence-electron chi connectivity index (χ0n) is 9.37. The second kappa shape index (κ2) is 7.24. The van der Waals surface area contributed by atoms with Crippen LogP contribution in [-0.2, 0) is 4.74 Å². The van der Waals surface area contributed by atoms with Crippen molar-refractivity contribution < 1.29 is 9.84 Å². The van der Waals surface area contributed by atoms with E-state index in [0.29, 0.717) is 19.1 Å². The van der Waals surface area contributed by atoms with E-state index in [1.807, 2.05) is 6.92 Å². The third-order valence-electron chi connectivity index (χ3n) is 3.19. The van der Waals surface area contributed by atoms with Crippen LogP contribution in [0.25, 0.3) is 0 Å². The van der Waals surface area contributed by atoms with Gasteiger partial charge in [-0.15, -0.1) is 0 Å². The molecule has 1 aliphatic rings. The van der Waals surface area contributed by atoms with Gasteiger partial charge in [0, 0.05) is 6.61 Å². The van der Waals surface area contributed by atoms with Gasteiger partial charge in [-0.2, -0.15) is 0 Å². The molecule has 0 amide bonds. The molecule has 1 saturated carbocycles. The van der Waals surface area contributed by atoms with E-state index in [0.717, 1.165) is 0 Å². The van der Waals surface area contributed by atoms with Gasteiger partial charge in [0.1, 0.15) is 0 Å². The minimum absolute atomic E-state index is 0.229. The number of ether oxygens (including phenoxy) is 1. The zero-order valence-corrected chi connectivity index (χ0v) is 9.37. The highest BCUT2D eigenvalue weighted by molar-refractivity contribution is 4.71. The highest BCUT2D eigenvalue weighted by Gasteiger charge is 2.19. The van der Waals surface area contributed by atoms with Gasteiger partial charge in [-0.25, -0.2) is 0 Å². The summed E-state index contributed by atoms with van der Waals surface area (Å²) >= 11 is 0. The molecule has 0 aromatic heterocycles. The lowest BCUT2D eigenvalue weighted by molar-refractivity contribution is 0.00199. The van der Waals surface area contributed by atoms with Crippen molar-refractivity contribution in [3.63, 3.8) is 0 Å². The van der Waals surface area contributed by atoms with Crippen molar-refractivity contribution in [2.45, 2.75) is 58.0 Å². The normalized spacial score (nSPS) is 22.7. The van der Waals surface area contributed by atoms with Crippen LogP contribution in [0.1, 0.15) is 51.9 Å². The summed E-state index contributed by atoms with van der Waals surface area (Å²) in [4.78, 5) is 0. The third-order valence-corrected chi connectivity index (χ3v) is 3.19. The minimum atomic E-state index is -0.229. The van der Waals surface area contributed by atoms with E-state index in [2.05, 4.69) is 0 Å². The number of aliphatic hydroxyl groups is 1. The number of aliphatic hydroxyl groups excluding tert-OH is 1. The molecule has 1 fully saturated rings. The summed E-state index contributed by atoms with van der Waals surface area (Å²) in [6, 6.07) is 0. The molecule has 1 N–H and O–H groups in total. The molecule has 0 heterocycles. The van der Waals surface area contributed by atoms with Crippen LogP contribution in [0.4, 0.5) is 0 Å². The van der Waals surface area contributed by atoms with Crippen molar-refractivity contribution in [2.75, 3.05) is 13.2 Å². The van der Waals surface area contributed by atoms with Gasteiger partial charge < -0.3 is 9.84 Å². The van der Waals surface area contributed by atoms with Gasteiger partial charge in [0.05, 0.1) is 12.7 Å². The first-order valence-corrected chi connectivity index (χ1v) is 6.10. The summed E-state index contributed by atoms with van der Waals surface area (Å²) in [5, 5.41) is 9.90. The average molecular weight is 200 g/mol. The van der Waals surface area contributed by atoms with Crippen molar-refractivity contribution in [2.24, 2.45) is 5.92 Å². The van der Waals surface area contributed by atoms with Crippen LogP contribution in [0.2, 0.25) is 0 Å². The van der Waals surface area contributed by atoms with Crippen LogP contribution in [0.15, 0.2) is 0 Å². The van der Waals surface area contributed by atoms with Crippen LogP contribution in [0.3, 0.4) is 0 Å². The summed E-state index contributed by atoms with van der Waals surface area (Å²) in [5.41, 5.74) is 0. The molecule has 1 rings (SSSR count). The van der Waals surface area contributed by atoms with Crippen molar-refractivity contribution in [3.05, 3.63) is 0 Å². The van der Waals surface area contributed by atoms with Gasteiger partial charge in [0.2, 0.25) is 0 Å². The standard InChI is InChI=1S/C12H24O2/c1-2-14-10-12(13)11-8-6-4-3-5-7-9-11/h11-13H,2-10H2,1H3. The molecule has 0 aliphatic heterocycles. The molecule has 1 unspecified atom stereocenters. The maximum absolute atomic E-state index is 9.90. The Morgan fingerprint density at radius 1 is 1.14 bits per heavy atom. The number of hydrogen-bond acceptors (Lipinski definition) is 2. The van der Waals surface area contributed by atoms with Gasteiger partial charge in [-0.3, -0.25) is 0 Å². The number of rotatable bonds is 4. The molecule has 2 nitrogen and oxygen atoms in total. The second-order valence-corrected chi connectivity index (χ2v) is 4.33. The predicted octanol–water partition coefficient (Wildman–Crippen LogP) is 2.74. The quantitative estimate of drug-likeness (QED) is 0.756. The predicted molar refractivity (Wildman–Crippen MR) is 58.3 cm³/mol. The Labute approximate surface area is 87.7 Å². The Morgan fingerprint density at radius 3 is 2.29 bits per heavy atom. The van der Waals surface area contributed by atoms with Gasteiger partial charge in [0.15, 0.2) is 0 Å². The summed E-state index contributed by atoms with van der Waals surface area (Å²) in [7, 11) is 0. The van der Waals surface area contributed by atoms with E-state index < -0.39 is 0 Å². The Kier molecular flexibility index (Phi) is 6.20.